The molecule has 1 aromatic rings. The Bertz CT molecular complexity index is 549. The Labute approximate surface area is 127 Å². The summed E-state index contributed by atoms with van der Waals surface area (Å²) in [7, 11) is 3.80. The highest BCUT2D eigenvalue weighted by Crippen LogP contribution is 2.48. The minimum atomic E-state index is 0.628. The van der Waals surface area contributed by atoms with Crippen LogP contribution < -0.4 is 4.74 Å². The van der Waals surface area contributed by atoms with Gasteiger partial charge in [0, 0.05) is 13.1 Å². The average Bonchev–Trinajstić information content (AvgIpc) is 3.09. The van der Waals surface area contributed by atoms with Crippen molar-refractivity contribution >= 4 is 0 Å². The number of ether oxygens (including phenoxy) is 1. The number of benzene rings is 1. The Balaban J connectivity index is 1.60. The van der Waals surface area contributed by atoms with Gasteiger partial charge in [0.15, 0.2) is 0 Å². The van der Waals surface area contributed by atoms with Crippen molar-refractivity contribution < 1.29 is 4.74 Å². The first-order valence-corrected chi connectivity index (χ1v) is 7.95. The summed E-state index contributed by atoms with van der Waals surface area (Å²) in [6.45, 7) is 2.10. The maximum atomic E-state index is 9.17. The van der Waals surface area contributed by atoms with E-state index in [2.05, 4.69) is 24.1 Å². The SMILES string of the molecule is COc1ccc(CN(C)CC2CC3CCC2C3)cc1C#N. The van der Waals surface area contributed by atoms with E-state index in [-0.39, 0.29) is 0 Å². The van der Waals surface area contributed by atoms with Gasteiger partial charge in [-0.2, -0.15) is 5.26 Å². The molecule has 3 unspecified atom stereocenters. The molecule has 2 bridgehead atoms. The minimum Gasteiger partial charge on any atom is -0.495 e. The van der Waals surface area contributed by atoms with Crippen molar-refractivity contribution in [1.82, 2.24) is 4.90 Å². The number of nitrogens with zero attached hydrogens (tertiary/aromatic N) is 2. The van der Waals surface area contributed by atoms with Gasteiger partial charge in [-0.05, 0) is 61.8 Å². The van der Waals surface area contributed by atoms with E-state index in [1.807, 2.05) is 12.1 Å². The largest absolute Gasteiger partial charge is 0.495 e. The van der Waals surface area contributed by atoms with Crippen LogP contribution in [0.15, 0.2) is 18.2 Å². The third-order valence-electron chi connectivity index (χ3n) is 5.27. The summed E-state index contributed by atoms with van der Waals surface area (Å²) in [6, 6.07) is 8.13. The molecule has 2 aliphatic carbocycles. The second-order valence-corrected chi connectivity index (χ2v) is 6.78. The smallest absolute Gasteiger partial charge is 0.136 e. The second-order valence-electron chi connectivity index (χ2n) is 6.78. The Morgan fingerprint density at radius 1 is 1.33 bits per heavy atom. The third-order valence-corrected chi connectivity index (χ3v) is 5.27. The quantitative estimate of drug-likeness (QED) is 0.831. The Hall–Kier alpha value is -1.53. The fraction of sp³-hybridized carbons (Fsp3) is 0.611. The summed E-state index contributed by atoms with van der Waals surface area (Å²) >= 11 is 0. The number of fused-ring (bicyclic) bond motifs is 2. The van der Waals surface area contributed by atoms with Crippen LogP contribution in [0.1, 0.15) is 36.8 Å². The molecule has 3 rings (SSSR count). The Morgan fingerprint density at radius 2 is 2.19 bits per heavy atom. The van der Waals surface area contributed by atoms with Crippen LogP contribution in [0.3, 0.4) is 0 Å². The maximum absolute atomic E-state index is 9.17. The summed E-state index contributed by atoms with van der Waals surface area (Å²) < 4.78 is 5.20. The molecule has 1 aromatic carbocycles. The Kier molecular flexibility index (Phi) is 4.17. The standard InChI is InChI=1S/C18H24N2O/c1-20(12-17-8-13-3-5-15(17)7-13)11-14-4-6-18(21-2)16(9-14)10-19/h4,6,9,13,15,17H,3,5,7-8,11-12H2,1-2H3. The highest BCUT2D eigenvalue weighted by Gasteiger charge is 2.39. The van der Waals surface area contributed by atoms with Crippen molar-refractivity contribution in [3.8, 4) is 11.8 Å². The predicted molar refractivity (Wildman–Crippen MR) is 83.0 cm³/mol. The van der Waals surface area contributed by atoms with Crippen LogP contribution in [0.25, 0.3) is 0 Å². The van der Waals surface area contributed by atoms with Crippen LogP contribution in [0, 0.1) is 29.1 Å². The molecule has 3 heteroatoms. The van der Waals surface area contributed by atoms with Crippen LogP contribution >= 0.6 is 0 Å². The zero-order chi connectivity index (χ0) is 14.8. The fourth-order valence-electron chi connectivity index (χ4n) is 4.32. The molecule has 2 fully saturated rings. The van der Waals surface area contributed by atoms with Crippen molar-refractivity contribution in [3.05, 3.63) is 29.3 Å². The van der Waals surface area contributed by atoms with Crippen molar-refractivity contribution in [2.45, 2.75) is 32.2 Å². The van der Waals surface area contributed by atoms with Crippen LogP contribution in [0.4, 0.5) is 0 Å². The van der Waals surface area contributed by atoms with Gasteiger partial charge in [0.25, 0.3) is 0 Å². The molecule has 3 atom stereocenters. The zero-order valence-electron chi connectivity index (χ0n) is 13.0. The van der Waals surface area contributed by atoms with Crippen molar-refractivity contribution in [3.63, 3.8) is 0 Å². The lowest BCUT2D eigenvalue weighted by Gasteiger charge is -2.27. The van der Waals surface area contributed by atoms with E-state index in [1.165, 1.54) is 37.8 Å². The molecule has 0 radical (unpaired) electrons. The number of methoxy groups -OCH3 is 1. The zero-order valence-corrected chi connectivity index (χ0v) is 13.0. The molecule has 0 spiro atoms. The van der Waals surface area contributed by atoms with E-state index in [0.717, 1.165) is 24.3 Å². The van der Waals surface area contributed by atoms with Gasteiger partial charge in [-0.3, -0.25) is 0 Å². The van der Waals surface area contributed by atoms with Crippen LogP contribution in [0.5, 0.6) is 5.75 Å². The summed E-state index contributed by atoms with van der Waals surface area (Å²) in [6.07, 6.45) is 5.82. The summed E-state index contributed by atoms with van der Waals surface area (Å²) in [4.78, 5) is 2.41. The van der Waals surface area contributed by atoms with Gasteiger partial charge in [0.2, 0.25) is 0 Å². The fourth-order valence-corrected chi connectivity index (χ4v) is 4.32. The highest BCUT2D eigenvalue weighted by atomic mass is 16.5. The van der Waals surface area contributed by atoms with Gasteiger partial charge in [0.1, 0.15) is 11.8 Å². The summed E-state index contributed by atoms with van der Waals surface area (Å²) in [5, 5.41) is 9.17. The predicted octanol–water partition coefficient (Wildman–Crippen LogP) is 3.43. The topological polar surface area (TPSA) is 36.3 Å². The van der Waals surface area contributed by atoms with Crippen LogP contribution in [-0.4, -0.2) is 25.6 Å². The minimum absolute atomic E-state index is 0.628. The Morgan fingerprint density at radius 3 is 2.81 bits per heavy atom. The number of hydrogen-bond donors (Lipinski definition) is 0. The van der Waals surface area contributed by atoms with Gasteiger partial charge in [0.05, 0.1) is 12.7 Å². The normalized spacial score (nSPS) is 27.0. The molecule has 2 aliphatic rings. The maximum Gasteiger partial charge on any atom is 0.136 e. The monoisotopic (exact) mass is 284 g/mol. The van der Waals surface area contributed by atoms with E-state index in [9.17, 15) is 0 Å². The lowest BCUT2D eigenvalue weighted by molar-refractivity contribution is 0.214. The lowest BCUT2D eigenvalue weighted by atomic mass is 9.88. The van der Waals surface area contributed by atoms with Crippen LogP contribution in [0.2, 0.25) is 0 Å². The van der Waals surface area contributed by atoms with Crippen LogP contribution in [-0.2, 0) is 6.54 Å². The van der Waals surface area contributed by atoms with E-state index in [0.29, 0.717) is 11.3 Å². The van der Waals surface area contributed by atoms with E-state index in [1.54, 1.807) is 7.11 Å². The molecule has 112 valence electrons. The van der Waals surface area contributed by atoms with Gasteiger partial charge in [-0.15, -0.1) is 0 Å². The van der Waals surface area contributed by atoms with Crippen molar-refractivity contribution in [1.29, 1.82) is 5.26 Å². The highest BCUT2D eigenvalue weighted by molar-refractivity contribution is 5.45. The first-order chi connectivity index (χ1) is 10.2. The first kappa shape index (κ1) is 14.4. The molecular formula is C18H24N2O. The van der Waals surface area contributed by atoms with E-state index >= 15 is 0 Å². The number of nitriles is 1. The molecule has 2 saturated carbocycles. The van der Waals surface area contributed by atoms with E-state index in [4.69, 9.17) is 10.00 Å². The number of rotatable bonds is 5. The van der Waals surface area contributed by atoms with Gasteiger partial charge in [-0.1, -0.05) is 12.5 Å². The summed E-state index contributed by atoms with van der Waals surface area (Å²) in [5.74, 6) is 3.54. The molecule has 0 amide bonds. The molecule has 3 nitrogen and oxygen atoms in total. The molecule has 0 aliphatic heterocycles. The van der Waals surface area contributed by atoms with Crippen molar-refractivity contribution in [2.24, 2.45) is 17.8 Å². The molecule has 0 heterocycles. The number of hydrogen-bond acceptors (Lipinski definition) is 3. The van der Waals surface area contributed by atoms with Gasteiger partial charge in [-0.25, -0.2) is 0 Å². The third kappa shape index (κ3) is 3.06. The molecule has 21 heavy (non-hydrogen) atoms. The van der Waals surface area contributed by atoms with Gasteiger partial charge >= 0.3 is 0 Å². The average molecular weight is 284 g/mol. The van der Waals surface area contributed by atoms with Crippen molar-refractivity contribution in [2.75, 3.05) is 20.7 Å². The second kappa shape index (κ2) is 6.07. The van der Waals surface area contributed by atoms with Gasteiger partial charge < -0.3 is 9.64 Å². The molecule has 0 N–H and O–H groups in total. The molecule has 0 aromatic heterocycles. The summed E-state index contributed by atoms with van der Waals surface area (Å²) in [5.41, 5.74) is 1.82. The lowest BCUT2D eigenvalue weighted by Crippen LogP contribution is -2.28. The molecular weight excluding hydrogens is 260 g/mol. The van der Waals surface area contributed by atoms with E-state index < -0.39 is 0 Å². The first-order valence-electron chi connectivity index (χ1n) is 7.95. The molecule has 0 saturated heterocycles.